The highest BCUT2D eigenvalue weighted by molar-refractivity contribution is 5.85. The summed E-state index contributed by atoms with van der Waals surface area (Å²) in [5, 5.41) is 0. The van der Waals surface area contributed by atoms with Gasteiger partial charge in [0, 0.05) is 30.9 Å². The van der Waals surface area contributed by atoms with E-state index in [9.17, 15) is 0 Å². The van der Waals surface area contributed by atoms with Crippen molar-refractivity contribution in [2.45, 2.75) is 0 Å². The van der Waals surface area contributed by atoms with Gasteiger partial charge in [-0.05, 0) is 6.07 Å². The number of nitrogen functional groups attached to an aromatic ring is 1. The van der Waals surface area contributed by atoms with Crippen molar-refractivity contribution in [2.24, 2.45) is 0 Å². The number of ether oxygens (including phenoxy) is 2. The second kappa shape index (κ2) is 6.44. The van der Waals surface area contributed by atoms with Crippen molar-refractivity contribution in [1.29, 1.82) is 0 Å². The van der Waals surface area contributed by atoms with Crippen LogP contribution in [0.4, 0.5) is 11.8 Å². The van der Waals surface area contributed by atoms with Gasteiger partial charge in [-0.15, -0.1) is 0 Å². The molecule has 0 unspecified atom stereocenters. The number of fused-ring (bicyclic) bond motifs is 1. The first kappa shape index (κ1) is 15.5. The average molecular weight is 339 g/mol. The highest BCUT2D eigenvalue weighted by Crippen LogP contribution is 2.26. The van der Waals surface area contributed by atoms with E-state index in [1.54, 1.807) is 25.6 Å². The van der Waals surface area contributed by atoms with Gasteiger partial charge in [-0.1, -0.05) is 0 Å². The van der Waals surface area contributed by atoms with Crippen LogP contribution in [0.3, 0.4) is 0 Å². The number of anilines is 2. The normalized spacial score (nSPS) is 14.7. The Hall–Kier alpha value is -3.07. The van der Waals surface area contributed by atoms with Crippen LogP contribution in [0.2, 0.25) is 0 Å². The summed E-state index contributed by atoms with van der Waals surface area (Å²) in [7, 11) is 1.58. The summed E-state index contributed by atoms with van der Waals surface area (Å²) in [4.78, 5) is 24.0. The number of hydrogen-bond donors (Lipinski definition) is 1. The van der Waals surface area contributed by atoms with E-state index in [1.165, 1.54) is 0 Å². The van der Waals surface area contributed by atoms with E-state index in [0.717, 1.165) is 18.7 Å². The Labute approximate surface area is 143 Å². The minimum absolute atomic E-state index is 0.183. The molecule has 1 aliphatic rings. The zero-order valence-corrected chi connectivity index (χ0v) is 13.7. The van der Waals surface area contributed by atoms with E-state index >= 15 is 0 Å². The molecule has 4 rings (SSSR count). The van der Waals surface area contributed by atoms with E-state index in [0.29, 0.717) is 41.8 Å². The molecule has 4 heterocycles. The maximum Gasteiger partial charge on any atom is 0.224 e. The Morgan fingerprint density at radius 1 is 1.08 bits per heavy atom. The second-order valence-corrected chi connectivity index (χ2v) is 5.52. The van der Waals surface area contributed by atoms with Gasteiger partial charge >= 0.3 is 0 Å². The fraction of sp³-hybridized carbons (Fsp3) is 0.312. The lowest BCUT2D eigenvalue weighted by atomic mass is 10.2. The van der Waals surface area contributed by atoms with Crippen molar-refractivity contribution in [1.82, 2.24) is 24.9 Å². The molecule has 1 aliphatic heterocycles. The molecule has 1 saturated heterocycles. The average Bonchev–Trinajstić information content (AvgIpc) is 2.68. The van der Waals surface area contributed by atoms with Crippen molar-refractivity contribution >= 4 is 22.9 Å². The molecule has 0 aromatic carbocycles. The number of pyridine rings is 1. The van der Waals surface area contributed by atoms with Gasteiger partial charge in [-0.2, -0.15) is 9.97 Å². The minimum Gasteiger partial charge on any atom is -0.481 e. The van der Waals surface area contributed by atoms with Crippen molar-refractivity contribution < 1.29 is 9.47 Å². The van der Waals surface area contributed by atoms with Crippen LogP contribution in [0.1, 0.15) is 0 Å². The molecule has 0 spiro atoms. The number of methoxy groups -OCH3 is 1. The highest BCUT2D eigenvalue weighted by Gasteiger charge is 2.19. The lowest BCUT2D eigenvalue weighted by molar-refractivity contribution is 0.122. The summed E-state index contributed by atoms with van der Waals surface area (Å²) in [6.45, 7) is 2.73. The third-order valence-electron chi connectivity index (χ3n) is 3.96. The van der Waals surface area contributed by atoms with Crippen LogP contribution in [-0.4, -0.2) is 58.3 Å². The molecule has 0 amide bonds. The molecule has 3 aromatic rings. The van der Waals surface area contributed by atoms with E-state index in [-0.39, 0.29) is 5.95 Å². The van der Waals surface area contributed by atoms with E-state index in [2.05, 4.69) is 24.8 Å². The Morgan fingerprint density at radius 2 is 1.92 bits per heavy atom. The molecule has 9 heteroatoms. The fourth-order valence-electron chi connectivity index (χ4n) is 2.70. The summed E-state index contributed by atoms with van der Waals surface area (Å²) in [6, 6.07) is 3.66. The second-order valence-electron chi connectivity index (χ2n) is 5.52. The van der Waals surface area contributed by atoms with E-state index in [4.69, 9.17) is 20.2 Å². The Bertz CT molecular complexity index is 895. The largest absolute Gasteiger partial charge is 0.481 e. The smallest absolute Gasteiger partial charge is 0.224 e. The molecule has 3 aromatic heterocycles. The summed E-state index contributed by atoms with van der Waals surface area (Å²) >= 11 is 0. The van der Waals surface area contributed by atoms with Gasteiger partial charge in [-0.3, -0.25) is 0 Å². The van der Waals surface area contributed by atoms with Crippen LogP contribution >= 0.6 is 0 Å². The number of hydrogen-bond acceptors (Lipinski definition) is 9. The summed E-state index contributed by atoms with van der Waals surface area (Å²) in [5.74, 6) is 1.41. The molecule has 0 saturated carbocycles. The minimum atomic E-state index is 0.183. The first-order valence-electron chi connectivity index (χ1n) is 7.88. The van der Waals surface area contributed by atoms with Crippen molar-refractivity contribution in [3.63, 3.8) is 0 Å². The summed E-state index contributed by atoms with van der Waals surface area (Å²) in [5.41, 5.74) is 8.45. The number of rotatable bonds is 3. The molecular formula is C16H17N7O2. The van der Waals surface area contributed by atoms with Crippen LogP contribution in [0, 0.1) is 0 Å². The van der Waals surface area contributed by atoms with Crippen molar-refractivity contribution in [2.75, 3.05) is 44.0 Å². The molecule has 2 N–H and O–H groups in total. The SMILES string of the molecule is COc1ccc(-c2cnc3nc(N)nc(N4CCOCC4)c3n2)cn1. The fourth-order valence-corrected chi connectivity index (χ4v) is 2.70. The zero-order chi connectivity index (χ0) is 17.2. The Balaban J connectivity index is 1.81. The molecule has 1 fully saturated rings. The van der Waals surface area contributed by atoms with Gasteiger partial charge in [0.1, 0.15) is 0 Å². The standard InChI is InChI=1S/C16H17N7O2/c1-24-12-3-2-10(8-18-12)11-9-19-14-13(20-11)15(22-16(17)21-14)23-4-6-25-7-5-23/h2-3,8-9H,4-7H2,1H3,(H2,17,19,21,22). The number of nitrogens with two attached hydrogens (primary N) is 1. The monoisotopic (exact) mass is 339 g/mol. The molecule has 9 nitrogen and oxygen atoms in total. The predicted octanol–water partition coefficient (Wildman–Crippen LogP) is 0.909. The first-order chi connectivity index (χ1) is 12.2. The van der Waals surface area contributed by atoms with Crippen molar-refractivity contribution in [3.8, 4) is 17.1 Å². The quantitative estimate of drug-likeness (QED) is 0.744. The molecule has 128 valence electrons. The van der Waals surface area contributed by atoms with Crippen molar-refractivity contribution in [3.05, 3.63) is 24.5 Å². The van der Waals surface area contributed by atoms with Crippen LogP contribution in [0.25, 0.3) is 22.4 Å². The molecule has 0 aliphatic carbocycles. The molecule has 0 radical (unpaired) electrons. The van der Waals surface area contributed by atoms with E-state index < -0.39 is 0 Å². The number of nitrogens with zero attached hydrogens (tertiary/aromatic N) is 6. The van der Waals surface area contributed by atoms with Gasteiger partial charge in [0.2, 0.25) is 11.8 Å². The van der Waals surface area contributed by atoms with Gasteiger partial charge in [-0.25, -0.2) is 15.0 Å². The van der Waals surface area contributed by atoms with Gasteiger partial charge < -0.3 is 20.1 Å². The Morgan fingerprint density at radius 3 is 2.64 bits per heavy atom. The lowest BCUT2D eigenvalue weighted by Gasteiger charge is -2.28. The molecule has 0 atom stereocenters. The van der Waals surface area contributed by atoms with Gasteiger partial charge in [0.05, 0.1) is 32.2 Å². The lowest BCUT2D eigenvalue weighted by Crippen LogP contribution is -2.37. The third kappa shape index (κ3) is 3.01. The van der Waals surface area contributed by atoms with Gasteiger partial charge in [0.25, 0.3) is 0 Å². The first-order valence-corrected chi connectivity index (χ1v) is 7.88. The van der Waals surface area contributed by atoms with Crippen LogP contribution < -0.4 is 15.4 Å². The molecule has 25 heavy (non-hydrogen) atoms. The maximum absolute atomic E-state index is 5.84. The maximum atomic E-state index is 5.84. The zero-order valence-electron chi connectivity index (χ0n) is 13.7. The predicted molar refractivity (Wildman–Crippen MR) is 92.4 cm³/mol. The number of morpholine rings is 1. The molecule has 0 bridgehead atoms. The van der Waals surface area contributed by atoms with Crippen LogP contribution in [0.5, 0.6) is 5.88 Å². The van der Waals surface area contributed by atoms with Crippen LogP contribution in [0.15, 0.2) is 24.5 Å². The summed E-state index contributed by atoms with van der Waals surface area (Å²) in [6.07, 6.45) is 3.35. The Kier molecular flexibility index (Phi) is 3.98. The van der Waals surface area contributed by atoms with Gasteiger partial charge in [0.15, 0.2) is 17.0 Å². The summed E-state index contributed by atoms with van der Waals surface area (Å²) < 4.78 is 10.5. The highest BCUT2D eigenvalue weighted by atomic mass is 16.5. The number of aromatic nitrogens is 5. The van der Waals surface area contributed by atoms with E-state index in [1.807, 2.05) is 6.07 Å². The molecular weight excluding hydrogens is 322 g/mol. The third-order valence-corrected chi connectivity index (χ3v) is 3.96. The van der Waals surface area contributed by atoms with Crippen LogP contribution in [-0.2, 0) is 4.74 Å². The topological polar surface area (TPSA) is 112 Å².